The molecular formula is C16H15F3N4O5. The summed E-state index contributed by atoms with van der Waals surface area (Å²) in [4.78, 5) is 38.1. The third kappa shape index (κ3) is 4.46. The van der Waals surface area contributed by atoms with Gasteiger partial charge in [-0.1, -0.05) is 12.1 Å². The number of aryl methyl sites for hydroxylation is 1. The zero-order valence-corrected chi connectivity index (χ0v) is 14.3. The fraction of sp³-hybridized carbons (Fsp3) is 0.250. The second-order valence-corrected chi connectivity index (χ2v) is 5.57. The minimum atomic E-state index is -5.08. The van der Waals surface area contributed by atoms with E-state index < -0.39 is 36.7 Å². The average Bonchev–Trinajstić information content (AvgIpc) is 3.17. The summed E-state index contributed by atoms with van der Waals surface area (Å²) in [6.45, 7) is -0.417. The zero-order chi connectivity index (χ0) is 21.1. The number of carbonyl (C=O) groups excluding carboxylic acids is 2. The zero-order valence-electron chi connectivity index (χ0n) is 14.3. The molecule has 1 atom stereocenters. The van der Waals surface area contributed by atoms with Crippen molar-refractivity contribution in [2.24, 2.45) is 7.05 Å². The standard InChI is InChI=1S/C14H14N4O3.C2HF3O2/c1-17-6-5-15-12(17)9-3-2-4-10(7-9)18-13(20)11(8-19)16-14(18)21;3-2(4,5)1(6)7/h2-7,11,19H,8H2,1H3,(H,16,21);(H,6,7). The molecule has 150 valence electrons. The number of carbonyl (C=O) groups is 3. The van der Waals surface area contributed by atoms with Crippen LogP contribution >= 0.6 is 0 Å². The highest BCUT2D eigenvalue weighted by Crippen LogP contribution is 2.25. The van der Waals surface area contributed by atoms with Crippen LogP contribution in [0, 0.1) is 0 Å². The van der Waals surface area contributed by atoms with Crippen LogP contribution in [0.2, 0.25) is 0 Å². The highest BCUT2D eigenvalue weighted by molar-refractivity contribution is 6.21. The number of carboxylic acid groups (broad SMARTS) is 1. The van der Waals surface area contributed by atoms with Gasteiger partial charge in [0.2, 0.25) is 0 Å². The van der Waals surface area contributed by atoms with E-state index in [0.29, 0.717) is 5.69 Å². The van der Waals surface area contributed by atoms with Gasteiger partial charge in [0, 0.05) is 25.0 Å². The number of rotatable bonds is 3. The Morgan fingerprint density at radius 2 is 1.96 bits per heavy atom. The number of aliphatic hydroxyl groups is 1. The van der Waals surface area contributed by atoms with Crippen molar-refractivity contribution in [2.75, 3.05) is 11.5 Å². The van der Waals surface area contributed by atoms with E-state index in [4.69, 9.17) is 15.0 Å². The van der Waals surface area contributed by atoms with E-state index in [1.54, 1.807) is 24.4 Å². The quantitative estimate of drug-likeness (QED) is 0.664. The molecule has 12 heteroatoms. The molecule has 0 saturated carbocycles. The highest BCUT2D eigenvalue weighted by Gasteiger charge is 2.39. The number of imidazole rings is 1. The van der Waals surface area contributed by atoms with Crippen LogP contribution in [-0.4, -0.2) is 56.5 Å². The van der Waals surface area contributed by atoms with Crippen LogP contribution in [0.4, 0.5) is 23.7 Å². The van der Waals surface area contributed by atoms with E-state index >= 15 is 0 Å². The Labute approximate surface area is 156 Å². The summed E-state index contributed by atoms with van der Waals surface area (Å²) < 4.78 is 33.6. The number of halogens is 3. The number of urea groups is 1. The van der Waals surface area contributed by atoms with Crippen LogP contribution in [-0.2, 0) is 16.6 Å². The lowest BCUT2D eigenvalue weighted by Gasteiger charge is -2.14. The number of aliphatic hydroxyl groups excluding tert-OH is 1. The molecule has 1 aromatic carbocycles. The first-order chi connectivity index (χ1) is 13.1. The molecule has 2 aromatic rings. The van der Waals surface area contributed by atoms with Gasteiger partial charge in [0.25, 0.3) is 5.91 Å². The first-order valence-corrected chi connectivity index (χ1v) is 7.69. The number of aromatic nitrogens is 2. The summed E-state index contributed by atoms with van der Waals surface area (Å²) in [5, 5.41) is 18.6. The number of nitrogens with zero attached hydrogens (tertiary/aromatic N) is 3. The highest BCUT2D eigenvalue weighted by atomic mass is 19.4. The van der Waals surface area contributed by atoms with Crippen molar-refractivity contribution in [1.29, 1.82) is 0 Å². The molecule has 0 aliphatic carbocycles. The van der Waals surface area contributed by atoms with Crippen LogP contribution in [0.5, 0.6) is 0 Å². The Bertz CT molecular complexity index is 896. The lowest BCUT2D eigenvalue weighted by molar-refractivity contribution is -0.192. The number of hydrogen-bond acceptors (Lipinski definition) is 5. The molecule has 1 unspecified atom stereocenters. The Hall–Kier alpha value is -3.41. The van der Waals surface area contributed by atoms with E-state index in [1.165, 1.54) is 0 Å². The van der Waals surface area contributed by atoms with Crippen molar-refractivity contribution >= 4 is 23.6 Å². The number of benzene rings is 1. The number of amides is 3. The fourth-order valence-corrected chi connectivity index (χ4v) is 2.33. The maximum absolute atomic E-state index is 12.1. The van der Waals surface area contributed by atoms with Gasteiger partial charge in [-0.3, -0.25) is 4.79 Å². The Morgan fingerprint density at radius 3 is 2.43 bits per heavy atom. The summed E-state index contributed by atoms with van der Waals surface area (Å²) in [6, 6.07) is 5.59. The molecule has 3 rings (SSSR count). The molecule has 1 aliphatic heterocycles. The largest absolute Gasteiger partial charge is 0.490 e. The van der Waals surface area contributed by atoms with Gasteiger partial charge in [0.15, 0.2) is 0 Å². The van der Waals surface area contributed by atoms with E-state index in [2.05, 4.69) is 10.3 Å². The molecule has 1 aliphatic rings. The minimum Gasteiger partial charge on any atom is -0.475 e. The Morgan fingerprint density at radius 1 is 1.32 bits per heavy atom. The number of alkyl halides is 3. The van der Waals surface area contributed by atoms with Gasteiger partial charge in [-0.25, -0.2) is 19.5 Å². The lowest BCUT2D eigenvalue weighted by Crippen LogP contribution is -2.33. The molecule has 1 fully saturated rings. The number of anilines is 1. The van der Waals surface area contributed by atoms with Crippen molar-refractivity contribution in [2.45, 2.75) is 12.2 Å². The van der Waals surface area contributed by atoms with Crippen LogP contribution in [0.1, 0.15) is 0 Å². The van der Waals surface area contributed by atoms with Gasteiger partial charge >= 0.3 is 18.2 Å². The van der Waals surface area contributed by atoms with Gasteiger partial charge in [-0.15, -0.1) is 0 Å². The van der Waals surface area contributed by atoms with Crippen LogP contribution < -0.4 is 10.2 Å². The molecule has 3 N–H and O–H groups in total. The van der Waals surface area contributed by atoms with Gasteiger partial charge in [-0.05, 0) is 12.1 Å². The number of imide groups is 1. The summed E-state index contributed by atoms with van der Waals surface area (Å²) in [6.07, 6.45) is -1.59. The van der Waals surface area contributed by atoms with Gasteiger partial charge in [0.05, 0.1) is 12.3 Å². The normalized spacial score (nSPS) is 16.5. The van der Waals surface area contributed by atoms with Crippen LogP contribution in [0.3, 0.4) is 0 Å². The van der Waals surface area contributed by atoms with Crippen molar-refractivity contribution in [3.8, 4) is 11.4 Å². The number of nitrogens with one attached hydrogen (secondary N) is 1. The monoisotopic (exact) mass is 400 g/mol. The molecule has 1 aromatic heterocycles. The van der Waals surface area contributed by atoms with E-state index in [0.717, 1.165) is 16.3 Å². The topological polar surface area (TPSA) is 125 Å². The predicted molar refractivity (Wildman–Crippen MR) is 89.2 cm³/mol. The Kier molecular flexibility index (Phi) is 6.03. The number of aliphatic carboxylic acids is 1. The molecule has 1 saturated heterocycles. The van der Waals surface area contributed by atoms with Crippen molar-refractivity contribution in [3.63, 3.8) is 0 Å². The SMILES string of the molecule is Cn1ccnc1-c1cccc(N2C(=O)NC(CO)C2=O)c1.O=C(O)C(F)(F)F. The van der Waals surface area contributed by atoms with Gasteiger partial charge in [0.1, 0.15) is 11.9 Å². The first-order valence-electron chi connectivity index (χ1n) is 7.69. The molecule has 3 amide bonds. The first kappa shape index (κ1) is 20.9. The molecule has 0 bridgehead atoms. The lowest BCUT2D eigenvalue weighted by atomic mass is 10.1. The van der Waals surface area contributed by atoms with Crippen molar-refractivity contribution in [1.82, 2.24) is 14.9 Å². The summed E-state index contributed by atoms with van der Waals surface area (Å²) in [7, 11) is 1.87. The second-order valence-electron chi connectivity index (χ2n) is 5.57. The molecule has 9 nitrogen and oxygen atoms in total. The maximum Gasteiger partial charge on any atom is 0.490 e. The van der Waals surface area contributed by atoms with E-state index in [1.807, 2.05) is 23.9 Å². The third-order valence-corrected chi connectivity index (χ3v) is 3.63. The molecule has 2 heterocycles. The van der Waals surface area contributed by atoms with Crippen molar-refractivity contribution in [3.05, 3.63) is 36.7 Å². The van der Waals surface area contributed by atoms with Gasteiger partial charge < -0.3 is 20.1 Å². The second kappa shape index (κ2) is 8.08. The van der Waals surface area contributed by atoms with E-state index in [-0.39, 0.29) is 0 Å². The minimum absolute atomic E-state index is 0.417. The van der Waals surface area contributed by atoms with Crippen molar-refractivity contribution < 1.29 is 37.8 Å². The third-order valence-electron chi connectivity index (χ3n) is 3.63. The fourth-order valence-electron chi connectivity index (χ4n) is 2.33. The number of carboxylic acids is 1. The van der Waals surface area contributed by atoms with E-state index in [9.17, 15) is 22.8 Å². The number of hydrogen-bond donors (Lipinski definition) is 3. The summed E-state index contributed by atoms with van der Waals surface area (Å²) >= 11 is 0. The maximum atomic E-state index is 12.1. The van der Waals surface area contributed by atoms with Crippen LogP contribution in [0.25, 0.3) is 11.4 Å². The predicted octanol–water partition coefficient (Wildman–Crippen LogP) is 1.14. The molecule has 0 radical (unpaired) electrons. The smallest absolute Gasteiger partial charge is 0.475 e. The molecule has 0 spiro atoms. The Balaban J connectivity index is 0.000000345. The molecule has 28 heavy (non-hydrogen) atoms. The van der Waals surface area contributed by atoms with Gasteiger partial charge in [-0.2, -0.15) is 13.2 Å². The van der Waals surface area contributed by atoms with Crippen LogP contribution in [0.15, 0.2) is 36.7 Å². The molecular weight excluding hydrogens is 385 g/mol. The average molecular weight is 400 g/mol. The summed E-state index contributed by atoms with van der Waals surface area (Å²) in [5.74, 6) is -2.48. The summed E-state index contributed by atoms with van der Waals surface area (Å²) in [5.41, 5.74) is 1.25.